The van der Waals surface area contributed by atoms with E-state index in [2.05, 4.69) is 5.32 Å². The molecule has 0 spiro atoms. The Bertz CT molecular complexity index is 1030. The van der Waals surface area contributed by atoms with Gasteiger partial charge in [0.2, 0.25) is 5.91 Å². The smallest absolute Gasteiger partial charge is 0.251 e. The van der Waals surface area contributed by atoms with Crippen LogP contribution in [0, 0.1) is 0 Å². The molecule has 3 N–H and O–H groups in total. The van der Waals surface area contributed by atoms with Gasteiger partial charge in [-0.05, 0) is 35.7 Å². The monoisotopic (exact) mass is 431 g/mol. The molecule has 0 aliphatic heterocycles. The van der Waals surface area contributed by atoms with Gasteiger partial charge in [0.25, 0.3) is 5.91 Å². The minimum Gasteiger partial charge on any atom is -0.361 e. The molecule has 3 aromatic carbocycles. The van der Waals surface area contributed by atoms with Crippen molar-refractivity contribution in [1.82, 2.24) is 5.32 Å². The average Bonchev–Trinajstić information content (AvgIpc) is 2.84. The predicted octanol–water partition coefficient (Wildman–Crippen LogP) is 3.37. The van der Waals surface area contributed by atoms with Crippen LogP contribution < -0.4 is 16.0 Å². The molecule has 3 rings (SSSR count). The van der Waals surface area contributed by atoms with Crippen molar-refractivity contribution in [1.29, 1.82) is 0 Å². The SMILES string of the molecule is CNC(=O)C(OCc1ccccc1)C(C)(N)C(=O)N(C)c1ccc(-c2ccccc2)cc1. The summed E-state index contributed by atoms with van der Waals surface area (Å²) in [5, 5.41) is 2.55. The van der Waals surface area contributed by atoms with Gasteiger partial charge in [-0.3, -0.25) is 9.59 Å². The van der Waals surface area contributed by atoms with E-state index >= 15 is 0 Å². The average molecular weight is 432 g/mol. The summed E-state index contributed by atoms with van der Waals surface area (Å²) in [6, 6.07) is 27.0. The quantitative estimate of drug-likeness (QED) is 0.573. The van der Waals surface area contributed by atoms with Crippen molar-refractivity contribution >= 4 is 17.5 Å². The maximum Gasteiger partial charge on any atom is 0.251 e. The molecule has 0 aliphatic carbocycles. The number of benzene rings is 3. The van der Waals surface area contributed by atoms with Gasteiger partial charge in [0.15, 0.2) is 6.10 Å². The van der Waals surface area contributed by atoms with Crippen LogP contribution in [0.2, 0.25) is 0 Å². The van der Waals surface area contributed by atoms with Gasteiger partial charge in [0.05, 0.1) is 6.61 Å². The Labute approximate surface area is 189 Å². The number of carbonyl (C=O) groups excluding carboxylic acids is 2. The lowest BCUT2D eigenvalue weighted by Crippen LogP contribution is -2.64. The van der Waals surface area contributed by atoms with Crippen LogP contribution >= 0.6 is 0 Å². The molecule has 2 unspecified atom stereocenters. The van der Waals surface area contributed by atoms with E-state index in [0.29, 0.717) is 5.69 Å². The first-order valence-electron chi connectivity index (χ1n) is 10.4. The van der Waals surface area contributed by atoms with Crippen molar-refractivity contribution in [2.24, 2.45) is 5.73 Å². The Balaban J connectivity index is 1.78. The van der Waals surface area contributed by atoms with E-state index in [0.717, 1.165) is 16.7 Å². The van der Waals surface area contributed by atoms with Crippen molar-refractivity contribution in [3.05, 3.63) is 90.5 Å². The largest absolute Gasteiger partial charge is 0.361 e. The third kappa shape index (κ3) is 5.22. The standard InChI is InChI=1S/C26H29N3O3/c1-26(27,23(24(30)28-2)32-18-19-10-6-4-7-11-19)25(31)29(3)22-16-14-21(15-17-22)20-12-8-5-9-13-20/h4-17,23H,18,27H2,1-3H3,(H,28,30). The first-order chi connectivity index (χ1) is 15.3. The Morgan fingerprint density at radius 3 is 2.03 bits per heavy atom. The molecule has 2 atom stereocenters. The summed E-state index contributed by atoms with van der Waals surface area (Å²) >= 11 is 0. The van der Waals surface area contributed by atoms with Crippen molar-refractivity contribution < 1.29 is 14.3 Å². The second-order valence-electron chi connectivity index (χ2n) is 7.85. The van der Waals surface area contributed by atoms with Crippen LogP contribution in [-0.4, -0.2) is 37.6 Å². The number of likely N-dealkylation sites (N-methyl/N-ethyl adjacent to an activating group) is 2. The van der Waals surface area contributed by atoms with E-state index in [1.807, 2.05) is 84.9 Å². The fourth-order valence-electron chi connectivity index (χ4n) is 3.50. The molecule has 6 heteroatoms. The van der Waals surface area contributed by atoms with Gasteiger partial charge in [-0.15, -0.1) is 0 Å². The molecule has 0 aliphatic rings. The highest BCUT2D eigenvalue weighted by Gasteiger charge is 2.44. The van der Waals surface area contributed by atoms with Crippen molar-refractivity contribution in [2.75, 3.05) is 19.0 Å². The minimum atomic E-state index is -1.58. The lowest BCUT2D eigenvalue weighted by Gasteiger charge is -2.34. The maximum absolute atomic E-state index is 13.3. The third-order valence-electron chi connectivity index (χ3n) is 5.42. The van der Waals surface area contributed by atoms with Gasteiger partial charge in [-0.1, -0.05) is 72.8 Å². The van der Waals surface area contributed by atoms with Crippen LogP contribution in [0.25, 0.3) is 11.1 Å². The molecule has 0 saturated carbocycles. The number of carbonyl (C=O) groups is 2. The van der Waals surface area contributed by atoms with Crippen LogP contribution in [0.3, 0.4) is 0 Å². The van der Waals surface area contributed by atoms with E-state index in [1.54, 1.807) is 7.05 Å². The molecule has 32 heavy (non-hydrogen) atoms. The Kier molecular flexibility index (Phi) is 7.41. The van der Waals surface area contributed by atoms with Crippen molar-refractivity contribution in [3.8, 4) is 11.1 Å². The van der Waals surface area contributed by atoms with E-state index in [-0.39, 0.29) is 6.61 Å². The zero-order valence-corrected chi connectivity index (χ0v) is 18.6. The molecule has 0 fully saturated rings. The second kappa shape index (κ2) is 10.2. The van der Waals surface area contributed by atoms with Gasteiger partial charge in [-0.2, -0.15) is 0 Å². The van der Waals surface area contributed by atoms with E-state index in [4.69, 9.17) is 10.5 Å². The second-order valence-corrected chi connectivity index (χ2v) is 7.85. The molecular weight excluding hydrogens is 402 g/mol. The molecule has 2 amide bonds. The minimum absolute atomic E-state index is 0.161. The number of rotatable bonds is 8. The third-order valence-corrected chi connectivity index (χ3v) is 5.42. The maximum atomic E-state index is 13.3. The van der Waals surface area contributed by atoms with Gasteiger partial charge in [0, 0.05) is 19.8 Å². The fraction of sp³-hybridized carbons (Fsp3) is 0.231. The summed E-state index contributed by atoms with van der Waals surface area (Å²) in [5.74, 6) is -0.876. The van der Waals surface area contributed by atoms with E-state index < -0.39 is 23.5 Å². The Morgan fingerprint density at radius 2 is 1.47 bits per heavy atom. The van der Waals surface area contributed by atoms with Crippen molar-refractivity contribution in [2.45, 2.75) is 25.2 Å². The number of nitrogens with two attached hydrogens (primary N) is 1. The Morgan fingerprint density at radius 1 is 0.938 bits per heavy atom. The zero-order valence-electron chi connectivity index (χ0n) is 18.6. The summed E-state index contributed by atoms with van der Waals surface area (Å²) in [4.78, 5) is 27.3. The van der Waals surface area contributed by atoms with Gasteiger partial charge < -0.3 is 20.7 Å². The topological polar surface area (TPSA) is 84.7 Å². The Hall–Kier alpha value is -3.48. The van der Waals surface area contributed by atoms with Gasteiger partial charge in [0.1, 0.15) is 5.54 Å². The molecule has 3 aromatic rings. The number of ether oxygens (including phenoxy) is 1. The molecule has 0 radical (unpaired) electrons. The summed E-state index contributed by atoms with van der Waals surface area (Å²) in [6.45, 7) is 1.68. The lowest BCUT2D eigenvalue weighted by atomic mass is 9.92. The summed E-state index contributed by atoms with van der Waals surface area (Å²) in [6.07, 6.45) is -1.16. The molecular formula is C26H29N3O3. The van der Waals surface area contributed by atoms with E-state index in [1.165, 1.54) is 18.9 Å². The van der Waals surface area contributed by atoms with Crippen LogP contribution in [-0.2, 0) is 20.9 Å². The summed E-state index contributed by atoms with van der Waals surface area (Å²) < 4.78 is 5.85. The number of amides is 2. The summed E-state index contributed by atoms with van der Waals surface area (Å²) in [7, 11) is 3.14. The summed E-state index contributed by atoms with van der Waals surface area (Å²) in [5.41, 5.74) is 8.53. The van der Waals surface area contributed by atoms with Crippen LogP contribution in [0.15, 0.2) is 84.9 Å². The van der Waals surface area contributed by atoms with Crippen LogP contribution in [0.5, 0.6) is 0 Å². The van der Waals surface area contributed by atoms with Gasteiger partial charge in [-0.25, -0.2) is 0 Å². The number of hydrogen-bond donors (Lipinski definition) is 2. The molecule has 6 nitrogen and oxygen atoms in total. The fourth-order valence-corrected chi connectivity index (χ4v) is 3.50. The zero-order chi connectivity index (χ0) is 23.1. The molecule has 0 bridgehead atoms. The lowest BCUT2D eigenvalue weighted by molar-refractivity contribution is -0.145. The molecule has 0 aromatic heterocycles. The van der Waals surface area contributed by atoms with Crippen LogP contribution in [0.4, 0.5) is 5.69 Å². The highest BCUT2D eigenvalue weighted by atomic mass is 16.5. The number of nitrogens with one attached hydrogen (secondary N) is 1. The highest BCUT2D eigenvalue weighted by molar-refractivity contribution is 6.03. The molecule has 166 valence electrons. The molecule has 0 saturated heterocycles. The number of hydrogen-bond acceptors (Lipinski definition) is 4. The predicted molar refractivity (Wildman–Crippen MR) is 127 cm³/mol. The number of nitrogens with zero attached hydrogens (tertiary/aromatic N) is 1. The van der Waals surface area contributed by atoms with Crippen LogP contribution in [0.1, 0.15) is 12.5 Å². The van der Waals surface area contributed by atoms with E-state index in [9.17, 15) is 9.59 Å². The first kappa shape index (κ1) is 23.2. The van der Waals surface area contributed by atoms with Crippen molar-refractivity contribution in [3.63, 3.8) is 0 Å². The van der Waals surface area contributed by atoms with Gasteiger partial charge >= 0.3 is 0 Å². The normalized spacial score (nSPS) is 13.6. The molecule has 0 heterocycles. The highest BCUT2D eigenvalue weighted by Crippen LogP contribution is 2.25. The first-order valence-corrected chi connectivity index (χ1v) is 10.4. The number of anilines is 1.